The first kappa shape index (κ1) is 19.1. The third-order valence-corrected chi connectivity index (χ3v) is 7.70. The molecule has 1 aromatic carbocycles. The monoisotopic (exact) mass is 421 g/mol. The fourth-order valence-corrected chi connectivity index (χ4v) is 6.05. The SMILES string of the molecule is CN1C(=O)Cc2cc(C(=O)CSc3nnc(C[C@H]4CCS(=O)(=O)C4)o3)ccc21. The van der Waals surface area contributed by atoms with E-state index in [1.807, 2.05) is 0 Å². The Bertz CT molecular complexity index is 1050. The Morgan fingerprint density at radius 1 is 1.36 bits per heavy atom. The van der Waals surface area contributed by atoms with E-state index >= 15 is 0 Å². The Kier molecular flexibility index (Phi) is 5.00. The van der Waals surface area contributed by atoms with Crippen LogP contribution in [0, 0.1) is 5.92 Å². The minimum Gasteiger partial charge on any atom is -0.416 e. The number of rotatable bonds is 6. The van der Waals surface area contributed by atoms with E-state index in [1.165, 1.54) is 0 Å². The van der Waals surface area contributed by atoms with Crippen molar-refractivity contribution in [2.45, 2.75) is 24.5 Å². The van der Waals surface area contributed by atoms with Crippen molar-refractivity contribution in [1.29, 1.82) is 0 Å². The highest BCUT2D eigenvalue weighted by molar-refractivity contribution is 7.99. The lowest BCUT2D eigenvalue weighted by Gasteiger charge is -2.10. The van der Waals surface area contributed by atoms with Crippen LogP contribution in [-0.4, -0.2) is 54.6 Å². The smallest absolute Gasteiger partial charge is 0.277 e. The number of hydrogen-bond acceptors (Lipinski definition) is 8. The molecule has 1 saturated heterocycles. The molecule has 0 unspecified atom stereocenters. The summed E-state index contributed by atoms with van der Waals surface area (Å²) in [6.07, 6.45) is 1.36. The molecule has 8 nitrogen and oxygen atoms in total. The Morgan fingerprint density at radius 3 is 2.93 bits per heavy atom. The molecule has 0 N–H and O–H groups in total. The Hall–Kier alpha value is -2.20. The van der Waals surface area contributed by atoms with E-state index in [9.17, 15) is 18.0 Å². The largest absolute Gasteiger partial charge is 0.416 e. The molecule has 0 spiro atoms. The van der Waals surface area contributed by atoms with Crippen molar-refractivity contribution in [2.75, 3.05) is 29.2 Å². The number of nitrogens with zero attached hydrogens (tertiary/aromatic N) is 3. The summed E-state index contributed by atoms with van der Waals surface area (Å²) < 4.78 is 28.6. The normalized spacial score (nSPS) is 20.5. The first-order chi connectivity index (χ1) is 13.3. The number of carbonyl (C=O) groups is 2. The molecule has 1 aromatic heterocycles. The number of likely N-dealkylation sites (N-methyl/N-ethyl adjacent to an activating group) is 1. The minimum atomic E-state index is -2.94. The fourth-order valence-electron chi connectivity index (χ4n) is 3.51. The number of hydrogen-bond donors (Lipinski definition) is 0. The number of Topliss-reactive ketones (excluding diaryl/α,β-unsaturated/α-hetero) is 1. The van der Waals surface area contributed by atoms with Crippen LogP contribution < -0.4 is 4.90 Å². The number of aromatic nitrogens is 2. The summed E-state index contributed by atoms with van der Waals surface area (Å²) in [4.78, 5) is 25.8. The summed E-state index contributed by atoms with van der Waals surface area (Å²) in [7, 11) is -1.21. The Labute approximate surface area is 166 Å². The summed E-state index contributed by atoms with van der Waals surface area (Å²) in [5.74, 6) is 0.852. The lowest BCUT2D eigenvalue weighted by molar-refractivity contribution is -0.117. The quantitative estimate of drug-likeness (QED) is 0.510. The highest BCUT2D eigenvalue weighted by Crippen LogP contribution is 2.29. The predicted molar refractivity (Wildman–Crippen MR) is 103 cm³/mol. The van der Waals surface area contributed by atoms with Crippen molar-refractivity contribution in [3.05, 3.63) is 35.2 Å². The van der Waals surface area contributed by atoms with Gasteiger partial charge in [-0.15, -0.1) is 10.2 Å². The zero-order valence-corrected chi connectivity index (χ0v) is 16.9. The third-order valence-electron chi connectivity index (χ3n) is 5.04. The molecule has 2 aliphatic heterocycles. The molecule has 0 bridgehead atoms. The van der Waals surface area contributed by atoms with Gasteiger partial charge >= 0.3 is 0 Å². The zero-order chi connectivity index (χ0) is 19.9. The number of ketones is 1. The molecule has 0 saturated carbocycles. The molecule has 0 aliphatic carbocycles. The van der Waals surface area contributed by atoms with Crippen molar-refractivity contribution in [1.82, 2.24) is 10.2 Å². The van der Waals surface area contributed by atoms with Crippen LogP contribution in [0.2, 0.25) is 0 Å². The summed E-state index contributed by atoms with van der Waals surface area (Å²) in [5, 5.41) is 8.18. The van der Waals surface area contributed by atoms with Gasteiger partial charge in [0.15, 0.2) is 15.6 Å². The van der Waals surface area contributed by atoms with Gasteiger partial charge in [-0.1, -0.05) is 11.8 Å². The summed E-state index contributed by atoms with van der Waals surface area (Å²) in [5.41, 5.74) is 2.24. The van der Waals surface area contributed by atoms with Gasteiger partial charge in [-0.3, -0.25) is 9.59 Å². The summed E-state index contributed by atoms with van der Waals surface area (Å²) in [6, 6.07) is 5.27. The number of anilines is 1. The van der Waals surface area contributed by atoms with Crippen LogP contribution >= 0.6 is 11.8 Å². The van der Waals surface area contributed by atoms with E-state index in [0.29, 0.717) is 35.9 Å². The van der Waals surface area contributed by atoms with Crippen LogP contribution in [0.25, 0.3) is 0 Å². The molecule has 2 aromatic rings. The number of thioether (sulfide) groups is 1. The maximum Gasteiger partial charge on any atom is 0.277 e. The summed E-state index contributed by atoms with van der Waals surface area (Å²) >= 11 is 1.15. The van der Waals surface area contributed by atoms with Crippen LogP contribution in [-0.2, 0) is 27.5 Å². The van der Waals surface area contributed by atoms with Gasteiger partial charge in [-0.25, -0.2) is 8.42 Å². The molecule has 2 aliphatic rings. The van der Waals surface area contributed by atoms with E-state index in [0.717, 1.165) is 23.0 Å². The van der Waals surface area contributed by atoms with E-state index < -0.39 is 9.84 Å². The minimum absolute atomic E-state index is 0.0113. The van der Waals surface area contributed by atoms with Crippen molar-refractivity contribution < 1.29 is 22.4 Å². The van der Waals surface area contributed by atoms with Crippen molar-refractivity contribution >= 4 is 39.0 Å². The molecule has 1 fully saturated rings. The van der Waals surface area contributed by atoms with Gasteiger partial charge in [-0.2, -0.15) is 0 Å². The number of fused-ring (bicyclic) bond motifs is 1. The van der Waals surface area contributed by atoms with Gasteiger partial charge in [0.2, 0.25) is 11.8 Å². The predicted octanol–water partition coefficient (Wildman–Crippen LogP) is 1.54. The number of carbonyl (C=O) groups excluding carboxylic acids is 2. The first-order valence-electron chi connectivity index (χ1n) is 8.89. The molecule has 4 rings (SSSR count). The molecule has 148 valence electrons. The molecule has 1 atom stereocenters. The molecule has 10 heteroatoms. The second-order valence-electron chi connectivity index (χ2n) is 7.12. The fraction of sp³-hybridized carbons (Fsp3) is 0.444. The van der Waals surface area contributed by atoms with Crippen LogP contribution in [0.15, 0.2) is 27.8 Å². The maximum atomic E-state index is 12.5. The molecular formula is C18H19N3O5S2. The van der Waals surface area contributed by atoms with E-state index in [1.54, 1.807) is 30.1 Å². The number of amides is 1. The molecule has 0 radical (unpaired) electrons. The van der Waals surface area contributed by atoms with Crippen molar-refractivity contribution in [3.63, 3.8) is 0 Å². The molecule has 28 heavy (non-hydrogen) atoms. The highest BCUT2D eigenvalue weighted by Gasteiger charge is 2.29. The Balaban J connectivity index is 1.34. The molecule has 3 heterocycles. The van der Waals surface area contributed by atoms with Crippen LogP contribution in [0.5, 0.6) is 0 Å². The standard InChI is InChI=1S/C18H19N3O5S2/c1-21-14-3-2-12(7-13(14)8-17(21)23)15(22)9-27-18-20-19-16(26-18)6-11-4-5-28(24,25)10-11/h2-3,7,11H,4-6,8-10H2,1H3/t11-/m1/s1. The van der Waals surface area contributed by atoms with Gasteiger partial charge in [0.25, 0.3) is 5.22 Å². The van der Waals surface area contributed by atoms with Crippen molar-refractivity contribution in [2.24, 2.45) is 5.92 Å². The average molecular weight is 422 g/mol. The number of sulfone groups is 1. The highest BCUT2D eigenvalue weighted by atomic mass is 32.2. The van der Waals surface area contributed by atoms with Gasteiger partial charge in [0.1, 0.15) is 0 Å². The average Bonchev–Trinajstić information content (AvgIpc) is 3.31. The molecular weight excluding hydrogens is 402 g/mol. The topological polar surface area (TPSA) is 110 Å². The first-order valence-corrected chi connectivity index (χ1v) is 11.7. The second-order valence-corrected chi connectivity index (χ2v) is 10.3. The Morgan fingerprint density at radius 2 is 2.18 bits per heavy atom. The van der Waals surface area contributed by atoms with Gasteiger partial charge in [0.05, 0.1) is 23.7 Å². The van der Waals surface area contributed by atoms with E-state index in [-0.39, 0.29) is 34.9 Å². The molecule has 1 amide bonds. The third kappa shape index (κ3) is 3.97. The zero-order valence-electron chi connectivity index (χ0n) is 15.3. The van der Waals surface area contributed by atoms with Gasteiger partial charge in [0, 0.05) is 24.7 Å². The number of benzene rings is 1. The van der Waals surface area contributed by atoms with E-state index in [4.69, 9.17) is 4.42 Å². The second kappa shape index (κ2) is 7.32. The maximum absolute atomic E-state index is 12.5. The lowest BCUT2D eigenvalue weighted by atomic mass is 10.1. The van der Waals surface area contributed by atoms with Crippen LogP contribution in [0.3, 0.4) is 0 Å². The summed E-state index contributed by atoms with van der Waals surface area (Å²) in [6.45, 7) is 0. The lowest BCUT2D eigenvalue weighted by Crippen LogP contribution is -2.20. The van der Waals surface area contributed by atoms with Crippen LogP contribution in [0.4, 0.5) is 5.69 Å². The van der Waals surface area contributed by atoms with Gasteiger partial charge < -0.3 is 9.32 Å². The van der Waals surface area contributed by atoms with Crippen LogP contribution in [0.1, 0.15) is 28.2 Å². The van der Waals surface area contributed by atoms with E-state index in [2.05, 4.69) is 10.2 Å². The van der Waals surface area contributed by atoms with Crippen molar-refractivity contribution in [3.8, 4) is 0 Å². The van der Waals surface area contributed by atoms with Gasteiger partial charge in [-0.05, 0) is 36.1 Å².